The lowest BCUT2D eigenvalue weighted by molar-refractivity contribution is -0.179. The minimum absolute atomic E-state index is 0.0899. The summed E-state index contributed by atoms with van der Waals surface area (Å²) < 4.78 is 24.2. The van der Waals surface area contributed by atoms with Gasteiger partial charge in [0.05, 0.1) is 6.61 Å². The highest BCUT2D eigenvalue weighted by molar-refractivity contribution is 6.14. The van der Waals surface area contributed by atoms with E-state index in [1.54, 1.807) is 5.32 Å². The lowest BCUT2D eigenvalue weighted by Gasteiger charge is -2.34. The Morgan fingerprint density at radius 2 is 2.11 bits per heavy atom. The van der Waals surface area contributed by atoms with E-state index in [-0.39, 0.29) is 13.2 Å². The number of hydrogen-bond acceptors (Lipinski definition) is 5. The molecule has 1 heterocycles. The molecule has 0 aromatic carbocycles. The van der Waals surface area contributed by atoms with Crippen molar-refractivity contribution in [2.45, 2.75) is 38.6 Å². The molecule has 2 N–H and O–H groups in total. The largest absolute Gasteiger partial charge is 0.463 e. The fourth-order valence-electron chi connectivity index (χ4n) is 1.51. The quantitative estimate of drug-likeness (QED) is 0.412. The van der Waals surface area contributed by atoms with Crippen molar-refractivity contribution in [1.82, 2.24) is 10.6 Å². The Hall–Kier alpha value is -1.70. The van der Waals surface area contributed by atoms with Crippen molar-refractivity contribution in [3.63, 3.8) is 0 Å². The maximum absolute atomic E-state index is 14.6. The van der Waals surface area contributed by atoms with Gasteiger partial charge in [0.1, 0.15) is 0 Å². The van der Waals surface area contributed by atoms with E-state index >= 15 is 0 Å². The Labute approximate surface area is 109 Å². The van der Waals surface area contributed by atoms with Crippen LogP contribution in [0.15, 0.2) is 0 Å². The molecule has 3 amide bonds. The molecule has 19 heavy (non-hydrogen) atoms. The molecule has 1 saturated heterocycles. The third kappa shape index (κ3) is 3.19. The first-order chi connectivity index (χ1) is 8.96. The smallest absolute Gasteiger partial charge is 0.358 e. The van der Waals surface area contributed by atoms with Crippen LogP contribution in [-0.2, 0) is 19.1 Å². The predicted octanol–water partition coefficient (Wildman–Crippen LogP) is 0.240. The number of carbonyl (C=O) groups is 3. The van der Waals surface area contributed by atoms with Gasteiger partial charge in [-0.15, -0.1) is 0 Å². The number of carbonyl (C=O) groups excluding carboxylic acids is 3. The third-order valence-corrected chi connectivity index (χ3v) is 2.54. The molecule has 0 saturated carbocycles. The summed E-state index contributed by atoms with van der Waals surface area (Å²) in [6, 6.07) is -0.913. The summed E-state index contributed by atoms with van der Waals surface area (Å²) in [7, 11) is 0. The van der Waals surface area contributed by atoms with E-state index < -0.39 is 29.8 Å². The van der Waals surface area contributed by atoms with Crippen molar-refractivity contribution >= 4 is 17.9 Å². The first-order valence-corrected chi connectivity index (χ1v) is 6.06. The maximum atomic E-state index is 14.6. The van der Waals surface area contributed by atoms with Crippen molar-refractivity contribution in [3.05, 3.63) is 0 Å². The second-order valence-electron chi connectivity index (χ2n) is 3.96. The van der Waals surface area contributed by atoms with Crippen molar-refractivity contribution in [3.8, 4) is 0 Å². The molecule has 0 aromatic rings. The highest BCUT2D eigenvalue weighted by atomic mass is 19.1. The maximum Gasteiger partial charge on any atom is 0.358 e. The minimum atomic E-state index is -3.07. The summed E-state index contributed by atoms with van der Waals surface area (Å²) in [4.78, 5) is 34.3. The van der Waals surface area contributed by atoms with Gasteiger partial charge in [-0.3, -0.25) is 10.1 Å². The number of urea groups is 1. The van der Waals surface area contributed by atoms with Crippen LogP contribution in [0.3, 0.4) is 0 Å². The van der Waals surface area contributed by atoms with Crippen LogP contribution < -0.4 is 10.6 Å². The molecule has 1 aliphatic rings. The molecule has 1 rings (SSSR count). The van der Waals surface area contributed by atoms with Crippen molar-refractivity contribution < 1.29 is 28.2 Å². The number of nitrogens with one attached hydrogen (secondary N) is 2. The summed E-state index contributed by atoms with van der Waals surface area (Å²) >= 11 is 0. The highest BCUT2D eigenvalue weighted by Crippen LogP contribution is 2.23. The van der Waals surface area contributed by atoms with Gasteiger partial charge in [0.15, 0.2) is 6.23 Å². The van der Waals surface area contributed by atoms with Crippen LogP contribution in [0, 0.1) is 0 Å². The van der Waals surface area contributed by atoms with E-state index in [2.05, 4.69) is 10.1 Å². The van der Waals surface area contributed by atoms with Gasteiger partial charge in [0.25, 0.3) is 5.91 Å². The van der Waals surface area contributed by atoms with Crippen LogP contribution >= 0.6 is 0 Å². The normalized spacial score (nSPS) is 26.6. The molecule has 0 bridgehead atoms. The number of alkyl halides is 1. The first kappa shape index (κ1) is 15.4. The Morgan fingerprint density at radius 1 is 1.42 bits per heavy atom. The van der Waals surface area contributed by atoms with Crippen LogP contribution in [-0.4, -0.2) is 43.0 Å². The summed E-state index contributed by atoms with van der Waals surface area (Å²) in [6.45, 7) is 3.39. The van der Waals surface area contributed by atoms with Crippen LogP contribution in [0.5, 0.6) is 0 Å². The minimum Gasteiger partial charge on any atom is -0.463 e. The molecule has 0 spiro atoms. The number of esters is 1. The number of unbranched alkanes of at least 4 members (excludes halogenated alkanes) is 1. The molecule has 1 fully saturated rings. The summed E-state index contributed by atoms with van der Waals surface area (Å²) in [5.41, 5.74) is -3.07. The van der Waals surface area contributed by atoms with Crippen LogP contribution in [0.4, 0.5) is 9.18 Å². The van der Waals surface area contributed by atoms with Gasteiger partial charge in [0.2, 0.25) is 0 Å². The van der Waals surface area contributed by atoms with E-state index in [1.807, 2.05) is 6.92 Å². The SMILES string of the molecule is CCCCO[C@H]1NC(=O)NC(=O)[C@]1(F)C(=O)OCC. The van der Waals surface area contributed by atoms with Gasteiger partial charge in [0, 0.05) is 6.61 Å². The Balaban J connectivity index is 2.88. The topological polar surface area (TPSA) is 93.7 Å². The number of halogens is 1. The van der Waals surface area contributed by atoms with E-state index in [0.717, 1.165) is 6.42 Å². The van der Waals surface area contributed by atoms with Crippen molar-refractivity contribution in [2.24, 2.45) is 0 Å². The second kappa shape index (κ2) is 6.46. The average molecular weight is 276 g/mol. The fraction of sp³-hybridized carbons (Fsp3) is 0.727. The molecule has 1 aliphatic heterocycles. The van der Waals surface area contributed by atoms with Crippen LogP contribution in [0.1, 0.15) is 26.7 Å². The molecular weight excluding hydrogens is 259 g/mol. The third-order valence-electron chi connectivity index (χ3n) is 2.54. The first-order valence-electron chi connectivity index (χ1n) is 6.06. The predicted molar refractivity (Wildman–Crippen MR) is 61.8 cm³/mol. The number of hydrogen-bond donors (Lipinski definition) is 2. The Morgan fingerprint density at radius 3 is 2.68 bits per heavy atom. The summed E-state index contributed by atoms with van der Waals surface area (Å²) in [6.07, 6.45) is -0.294. The van der Waals surface area contributed by atoms with Crippen molar-refractivity contribution in [2.75, 3.05) is 13.2 Å². The molecule has 108 valence electrons. The second-order valence-corrected chi connectivity index (χ2v) is 3.96. The molecule has 7 nitrogen and oxygen atoms in total. The number of amides is 3. The standard InChI is InChI=1S/C11H17FN2O5/c1-3-5-6-19-8-11(12,9(16)18-4-2)7(15)13-10(17)14-8/h8H,3-6H2,1-2H3,(H2,13,14,15,17)/t8-,11-/m1/s1. The van der Waals surface area contributed by atoms with Gasteiger partial charge >= 0.3 is 17.7 Å². The molecule has 0 unspecified atom stereocenters. The van der Waals surface area contributed by atoms with E-state index in [9.17, 15) is 18.8 Å². The monoisotopic (exact) mass is 276 g/mol. The van der Waals surface area contributed by atoms with Crippen LogP contribution in [0.2, 0.25) is 0 Å². The summed E-state index contributed by atoms with van der Waals surface area (Å²) in [5.74, 6) is -2.76. The molecule has 0 radical (unpaired) electrons. The van der Waals surface area contributed by atoms with E-state index in [4.69, 9.17) is 4.74 Å². The van der Waals surface area contributed by atoms with E-state index in [1.165, 1.54) is 6.92 Å². The van der Waals surface area contributed by atoms with Gasteiger partial charge in [-0.1, -0.05) is 13.3 Å². The zero-order valence-electron chi connectivity index (χ0n) is 10.8. The number of ether oxygens (including phenoxy) is 2. The van der Waals surface area contributed by atoms with Gasteiger partial charge < -0.3 is 14.8 Å². The molecule has 8 heteroatoms. The molecule has 0 aliphatic carbocycles. The van der Waals surface area contributed by atoms with Gasteiger partial charge in [-0.2, -0.15) is 0 Å². The van der Waals surface area contributed by atoms with E-state index in [0.29, 0.717) is 6.42 Å². The van der Waals surface area contributed by atoms with Gasteiger partial charge in [-0.05, 0) is 13.3 Å². The average Bonchev–Trinajstić information content (AvgIpc) is 2.35. The zero-order valence-corrected chi connectivity index (χ0v) is 10.8. The lowest BCUT2D eigenvalue weighted by atomic mass is 10.0. The molecular formula is C11H17FN2O5. The lowest BCUT2D eigenvalue weighted by Crippen LogP contribution is -2.71. The summed E-state index contributed by atoms with van der Waals surface area (Å²) in [5, 5.41) is 3.75. The Kier molecular flexibility index (Phi) is 5.22. The van der Waals surface area contributed by atoms with Crippen molar-refractivity contribution in [1.29, 1.82) is 0 Å². The van der Waals surface area contributed by atoms with Crippen LogP contribution in [0.25, 0.3) is 0 Å². The number of imide groups is 1. The zero-order chi connectivity index (χ0) is 14.5. The molecule has 0 aromatic heterocycles. The number of rotatable bonds is 6. The Bertz CT molecular complexity index is 376. The van der Waals surface area contributed by atoms with Gasteiger partial charge in [-0.25, -0.2) is 14.0 Å². The molecule has 2 atom stereocenters. The highest BCUT2D eigenvalue weighted by Gasteiger charge is 2.59. The fourth-order valence-corrected chi connectivity index (χ4v) is 1.51.